The molecule has 1 aliphatic carbocycles. The van der Waals surface area contributed by atoms with Gasteiger partial charge in [0.05, 0.1) is 30.0 Å². The molecule has 1 aromatic heterocycles. The summed E-state index contributed by atoms with van der Waals surface area (Å²) in [6.45, 7) is 3.93. The highest BCUT2D eigenvalue weighted by molar-refractivity contribution is 6.20. The van der Waals surface area contributed by atoms with Gasteiger partial charge in [-0.1, -0.05) is 19.9 Å². The van der Waals surface area contributed by atoms with Crippen molar-refractivity contribution in [3.63, 3.8) is 0 Å². The molecule has 7 heteroatoms. The lowest BCUT2D eigenvalue weighted by atomic mass is 9.71. The Balaban J connectivity index is 2.05. The van der Waals surface area contributed by atoms with Gasteiger partial charge in [-0.25, -0.2) is 0 Å². The van der Waals surface area contributed by atoms with E-state index in [1.807, 2.05) is 13.8 Å². The van der Waals surface area contributed by atoms with Gasteiger partial charge in [-0.3, -0.25) is 10.0 Å². The molecule has 27 heavy (non-hydrogen) atoms. The standard InChI is InChI=1S/C20H16N3O4/c1-20(2)13-8-16(27-3)15(23(25)26)7-12(13)18(24)17-11-5-4-10(9-21)6-14(11)22-19(17)20/h4-8,22,25H,1-3H3/q-1. The molecule has 0 saturated heterocycles. The summed E-state index contributed by atoms with van der Waals surface area (Å²) in [5, 5.41) is 30.4. The summed E-state index contributed by atoms with van der Waals surface area (Å²) in [5.41, 5.74) is 2.76. The van der Waals surface area contributed by atoms with E-state index in [-0.39, 0.29) is 22.4 Å². The largest absolute Gasteiger partial charge is 0.733 e. The van der Waals surface area contributed by atoms with Crippen LogP contribution in [0, 0.1) is 16.5 Å². The van der Waals surface area contributed by atoms with Crippen LogP contribution in [0.25, 0.3) is 10.9 Å². The minimum atomic E-state index is -0.584. The van der Waals surface area contributed by atoms with Crippen LogP contribution in [0.4, 0.5) is 5.69 Å². The molecule has 4 rings (SSSR count). The van der Waals surface area contributed by atoms with Gasteiger partial charge in [0.2, 0.25) is 0 Å². The van der Waals surface area contributed by atoms with Crippen LogP contribution in [0.15, 0.2) is 30.3 Å². The zero-order valence-corrected chi connectivity index (χ0v) is 15.0. The maximum atomic E-state index is 13.3. The predicted octanol–water partition coefficient (Wildman–Crippen LogP) is 3.61. The smallest absolute Gasteiger partial charge is 0.195 e. The Morgan fingerprint density at radius 3 is 2.67 bits per heavy atom. The maximum absolute atomic E-state index is 13.3. The first-order valence-corrected chi connectivity index (χ1v) is 8.29. The van der Waals surface area contributed by atoms with E-state index in [1.54, 1.807) is 24.3 Å². The van der Waals surface area contributed by atoms with Crippen LogP contribution in [0.3, 0.4) is 0 Å². The average molecular weight is 362 g/mol. The third-order valence-corrected chi connectivity index (χ3v) is 5.22. The van der Waals surface area contributed by atoms with Gasteiger partial charge in [0.1, 0.15) is 5.75 Å². The van der Waals surface area contributed by atoms with Gasteiger partial charge in [-0.15, -0.1) is 0 Å². The number of methoxy groups -OCH3 is 1. The molecule has 0 fully saturated rings. The molecule has 7 nitrogen and oxygen atoms in total. The maximum Gasteiger partial charge on any atom is 0.195 e. The van der Waals surface area contributed by atoms with Gasteiger partial charge >= 0.3 is 0 Å². The first-order chi connectivity index (χ1) is 12.8. The lowest BCUT2D eigenvalue weighted by Crippen LogP contribution is -2.30. The molecule has 0 aliphatic heterocycles. The van der Waals surface area contributed by atoms with E-state index in [9.17, 15) is 15.2 Å². The third-order valence-electron chi connectivity index (χ3n) is 5.22. The van der Waals surface area contributed by atoms with Gasteiger partial charge in [0.15, 0.2) is 5.78 Å². The molecular weight excluding hydrogens is 346 g/mol. The number of carbonyl (C=O) groups is 1. The van der Waals surface area contributed by atoms with Crippen molar-refractivity contribution in [3.05, 3.63) is 63.5 Å². The Kier molecular flexibility index (Phi) is 3.53. The molecule has 0 spiro atoms. The van der Waals surface area contributed by atoms with Gasteiger partial charge in [-0.2, -0.15) is 5.26 Å². The summed E-state index contributed by atoms with van der Waals surface area (Å²) in [5.74, 6) is -0.0699. The van der Waals surface area contributed by atoms with Crippen molar-refractivity contribution in [2.24, 2.45) is 0 Å². The molecule has 0 atom stereocenters. The second-order valence-corrected chi connectivity index (χ2v) is 7.04. The molecular formula is C20H16N3O4-. The first-order valence-electron chi connectivity index (χ1n) is 8.29. The molecule has 0 radical (unpaired) electrons. The minimum Gasteiger partial charge on any atom is -0.733 e. The number of anilines is 1. The number of aromatic nitrogens is 1. The number of nitrogens with zero attached hydrogens (tertiary/aromatic N) is 2. The van der Waals surface area contributed by atoms with Crippen molar-refractivity contribution in [1.29, 1.82) is 5.26 Å². The van der Waals surface area contributed by atoms with E-state index >= 15 is 0 Å². The van der Waals surface area contributed by atoms with Crippen LogP contribution >= 0.6 is 0 Å². The van der Waals surface area contributed by atoms with E-state index < -0.39 is 5.41 Å². The van der Waals surface area contributed by atoms with Crippen molar-refractivity contribution >= 4 is 22.4 Å². The Bertz CT molecular complexity index is 1150. The lowest BCUT2D eigenvalue weighted by molar-refractivity contribution is 0.103. The molecule has 136 valence electrons. The van der Waals surface area contributed by atoms with Crippen LogP contribution in [0.1, 0.15) is 46.6 Å². The summed E-state index contributed by atoms with van der Waals surface area (Å²) in [7, 11) is 1.39. The molecule has 0 saturated carbocycles. The number of hydrogen-bond donors (Lipinski definition) is 2. The Hall–Kier alpha value is -3.34. The van der Waals surface area contributed by atoms with Crippen molar-refractivity contribution < 1.29 is 14.7 Å². The van der Waals surface area contributed by atoms with Gasteiger partial charge in [0.25, 0.3) is 0 Å². The van der Waals surface area contributed by atoms with E-state index in [1.165, 1.54) is 13.2 Å². The zero-order chi connectivity index (χ0) is 19.5. The van der Waals surface area contributed by atoms with Crippen LogP contribution in [-0.2, 0) is 5.41 Å². The lowest BCUT2D eigenvalue weighted by Gasteiger charge is -2.34. The number of fused-ring (bicyclic) bond motifs is 4. The van der Waals surface area contributed by atoms with Gasteiger partial charge in [-0.05, 0) is 29.8 Å². The highest BCUT2D eigenvalue weighted by atomic mass is 16.8. The fourth-order valence-corrected chi connectivity index (χ4v) is 3.83. The van der Waals surface area contributed by atoms with Crippen LogP contribution in [-0.4, -0.2) is 23.1 Å². The molecule has 1 heterocycles. The monoisotopic (exact) mass is 362 g/mol. The second kappa shape index (κ2) is 5.58. The van der Waals surface area contributed by atoms with Crippen LogP contribution < -0.4 is 9.96 Å². The number of nitriles is 1. The van der Waals surface area contributed by atoms with E-state index in [2.05, 4.69) is 11.1 Å². The van der Waals surface area contributed by atoms with Gasteiger partial charge in [0, 0.05) is 27.6 Å². The molecule has 1 aliphatic rings. The quantitative estimate of drug-likeness (QED) is 0.673. The summed E-state index contributed by atoms with van der Waals surface area (Å²) < 4.78 is 5.22. The highest BCUT2D eigenvalue weighted by Gasteiger charge is 2.40. The molecule has 0 unspecified atom stereocenters. The number of ether oxygens (including phenoxy) is 1. The first kappa shape index (κ1) is 17.1. The van der Waals surface area contributed by atoms with Crippen molar-refractivity contribution in [3.8, 4) is 11.8 Å². The number of hydrogen-bond acceptors (Lipinski definition) is 6. The molecule has 2 aromatic carbocycles. The Labute approximate surface area is 154 Å². The topological polar surface area (TPSA) is 112 Å². The van der Waals surface area contributed by atoms with E-state index in [4.69, 9.17) is 10.00 Å². The Morgan fingerprint density at radius 2 is 2.04 bits per heavy atom. The molecule has 3 aromatic rings. The summed E-state index contributed by atoms with van der Waals surface area (Å²) in [6, 6.07) is 10.2. The van der Waals surface area contributed by atoms with E-state index in [0.717, 1.165) is 5.69 Å². The normalized spacial score (nSPS) is 14.4. The molecule has 2 N–H and O–H groups in total. The number of aromatic amines is 1. The van der Waals surface area contributed by atoms with Crippen molar-refractivity contribution in [2.75, 3.05) is 12.3 Å². The SMILES string of the molecule is COc1cc2c(cc1N([O-])O)C(=O)c1c([nH]c3cc(C#N)ccc13)C2(C)C. The van der Waals surface area contributed by atoms with Gasteiger partial charge < -0.3 is 20.2 Å². The average Bonchev–Trinajstić information content (AvgIpc) is 3.05. The van der Waals surface area contributed by atoms with Crippen LogP contribution in [0.2, 0.25) is 0 Å². The number of rotatable bonds is 2. The Morgan fingerprint density at radius 1 is 1.30 bits per heavy atom. The fourth-order valence-electron chi connectivity index (χ4n) is 3.83. The summed E-state index contributed by atoms with van der Waals surface area (Å²) in [6.07, 6.45) is 0. The number of H-pyrrole nitrogens is 1. The third kappa shape index (κ3) is 2.24. The number of benzene rings is 2. The zero-order valence-electron chi connectivity index (χ0n) is 15.0. The fraction of sp³-hybridized carbons (Fsp3) is 0.200. The number of carbonyl (C=O) groups excluding carboxylic acids is 1. The number of nitrogens with one attached hydrogen (secondary N) is 1. The molecule has 0 amide bonds. The van der Waals surface area contributed by atoms with Crippen LogP contribution in [0.5, 0.6) is 5.75 Å². The van der Waals surface area contributed by atoms with Crippen molar-refractivity contribution in [1.82, 2.24) is 4.98 Å². The second-order valence-electron chi connectivity index (χ2n) is 7.04. The predicted molar refractivity (Wildman–Crippen MR) is 99.2 cm³/mol. The minimum absolute atomic E-state index is 0.129. The number of ketones is 1. The summed E-state index contributed by atoms with van der Waals surface area (Å²) >= 11 is 0. The molecule has 0 bridgehead atoms. The highest BCUT2D eigenvalue weighted by Crippen LogP contribution is 2.46. The summed E-state index contributed by atoms with van der Waals surface area (Å²) in [4.78, 5) is 16.6. The van der Waals surface area contributed by atoms with E-state index in [0.29, 0.717) is 33.2 Å². The van der Waals surface area contributed by atoms with Crippen molar-refractivity contribution in [2.45, 2.75) is 19.3 Å².